The van der Waals surface area contributed by atoms with E-state index in [1.165, 1.54) is 6.07 Å². The van der Waals surface area contributed by atoms with E-state index >= 15 is 0 Å². The third kappa shape index (κ3) is 4.54. The zero-order valence-corrected chi connectivity index (χ0v) is 9.26. The molecule has 1 aromatic carbocycles. The topological polar surface area (TPSA) is 52.9 Å². The van der Waals surface area contributed by atoms with Gasteiger partial charge in [0.05, 0.1) is 6.07 Å². The number of halogens is 5. The van der Waals surface area contributed by atoms with Crippen molar-refractivity contribution in [3.8, 4) is 6.07 Å². The van der Waals surface area contributed by atoms with Gasteiger partial charge in [-0.15, -0.1) is 0 Å². The average Bonchev–Trinajstić information content (AvgIpc) is 2.24. The smallest absolute Gasteiger partial charge is 0.336 e. The minimum absolute atomic E-state index is 0.403. The third-order valence-electron chi connectivity index (χ3n) is 2.07. The predicted molar refractivity (Wildman–Crippen MR) is 53.5 cm³/mol. The number of nitrogens with one attached hydrogen (secondary N) is 1. The lowest BCUT2D eigenvalue weighted by atomic mass is 10.1. The number of rotatable bonds is 3. The molecule has 0 spiro atoms. The van der Waals surface area contributed by atoms with Gasteiger partial charge in [-0.05, 0) is 6.07 Å². The zero-order valence-electron chi connectivity index (χ0n) is 9.26. The molecule has 0 aromatic heterocycles. The first-order chi connectivity index (χ1) is 8.73. The monoisotopic (exact) mass is 278 g/mol. The minimum Gasteiger partial charge on any atom is -0.336 e. The molecule has 1 rings (SSSR count). The number of nitrogens with zero attached hydrogens (tertiary/aromatic N) is 1. The van der Waals surface area contributed by atoms with E-state index in [-0.39, 0.29) is 0 Å². The Morgan fingerprint density at radius 3 is 2.47 bits per heavy atom. The van der Waals surface area contributed by atoms with Gasteiger partial charge in [0.2, 0.25) is 5.91 Å². The van der Waals surface area contributed by atoms with Crippen molar-refractivity contribution in [1.29, 1.82) is 5.26 Å². The van der Waals surface area contributed by atoms with Gasteiger partial charge in [0.25, 0.3) is 0 Å². The zero-order chi connectivity index (χ0) is 14.6. The summed E-state index contributed by atoms with van der Waals surface area (Å²) in [5.41, 5.74) is -0.403. The maximum Gasteiger partial charge on any atom is 0.397 e. The molecule has 3 nitrogen and oxygen atoms in total. The van der Waals surface area contributed by atoms with E-state index in [0.29, 0.717) is 6.07 Å². The molecule has 1 atom stereocenters. The van der Waals surface area contributed by atoms with E-state index in [0.717, 1.165) is 12.1 Å². The van der Waals surface area contributed by atoms with Crippen LogP contribution < -0.4 is 5.32 Å². The Morgan fingerprint density at radius 2 is 2.00 bits per heavy atom. The summed E-state index contributed by atoms with van der Waals surface area (Å²) in [5, 5.41) is 10.4. The molecule has 1 aromatic rings. The maximum atomic E-state index is 13.3. The normalized spacial score (nSPS) is 12.6. The fourth-order valence-electron chi connectivity index (χ4n) is 1.31. The molecule has 1 N–H and O–H groups in total. The summed E-state index contributed by atoms with van der Waals surface area (Å²) in [6.07, 6.45) is -6.51. The molecule has 0 aliphatic rings. The Kier molecular flexibility index (Phi) is 4.43. The molecule has 0 saturated carbocycles. The number of alkyl halides is 3. The van der Waals surface area contributed by atoms with Crippen LogP contribution in [0.2, 0.25) is 0 Å². The Morgan fingerprint density at radius 1 is 1.37 bits per heavy atom. The molecule has 0 aliphatic heterocycles. The molecule has 1 amide bonds. The summed E-state index contributed by atoms with van der Waals surface area (Å²) in [4.78, 5) is 11.0. The van der Waals surface area contributed by atoms with Crippen molar-refractivity contribution >= 4 is 5.91 Å². The number of amides is 1. The summed E-state index contributed by atoms with van der Waals surface area (Å²) < 4.78 is 61.7. The number of hydrogen-bond donors (Lipinski definition) is 1. The van der Waals surface area contributed by atoms with Crippen molar-refractivity contribution in [2.24, 2.45) is 0 Å². The summed E-state index contributed by atoms with van der Waals surface area (Å²) in [6.45, 7) is 0. The van der Waals surface area contributed by atoms with Crippen LogP contribution in [0.3, 0.4) is 0 Å². The van der Waals surface area contributed by atoms with Crippen molar-refractivity contribution in [3.05, 3.63) is 35.4 Å². The van der Waals surface area contributed by atoms with Crippen molar-refractivity contribution in [2.75, 3.05) is 0 Å². The van der Waals surface area contributed by atoms with Crippen LogP contribution in [0.4, 0.5) is 22.0 Å². The highest BCUT2D eigenvalue weighted by Crippen LogP contribution is 2.21. The predicted octanol–water partition coefficient (Wildman–Crippen LogP) is 2.60. The van der Waals surface area contributed by atoms with Gasteiger partial charge in [0.1, 0.15) is 24.1 Å². The number of benzene rings is 1. The van der Waals surface area contributed by atoms with Crippen molar-refractivity contribution in [3.63, 3.8) is 0 Å². The standard InChI is InChI=1S/C11H7F5N2O/c12-6-1-2-7(8(13)3-6)9(5-17)18-10(19)4-11(14,15)16/h1-3,9H,4H2,(H,18,19). The fourth-order valence-corrected chi connectivity index (χ4v) is 1.31. The second-order valence-electron chi connectivity index (χ2n) is 3.59. The number of hydrogen-bond acceptors (Lipinski definition) is 2. The van der Waals surface area contributed by atoms with Crippen molar-refractivity contribution < 1.29 is 26.7 Å². The number of carbonyl (C=O) groups excluding carboxylic acids is 1. The van der Waals surface area contributed by atoms with Crippen LogP contribution in [0, 0.1) is 23.0 Å². The van der Waals surface area contributed by atoms with Gasteiger partial charge < -0.3 is 5.32 Å². The largest absolute Gasteiger partial charge is 0.397 e. The summed E-state index contributed by atoms with van der Waals surface area (Å²) in [5.74, 6) is -3.50. The lowest BCUT2D eigenvalue weighted by Crippen LogP contribution is -2.31. The maximum absolute atomic E-state index is 13.3. The fraction of sp³-hybridized carbons (Fsp3) is 0.273. The lowest BCUT2D eigenvalue weighted by molar-refractivity contribution is -0.154. The van der Waals surface area contributed by atoms with Crippen molar-refractivity contribution in [2.45, 2.75) is 18.6 Å². The van der Waals surface area contributed by atoms with Gasteiger partial charge in [0.15, 0.2) is 0 Å². The molecule has 0 saturated heterocycles. The highest BCUT2D eigenvalue weighted by molar-refractivity contribution is 5.77. The van der Waals surface area contributed by atoms with Gasteiger partial charge in [-0.2, -0.15) is 18.4 Å². The minimum atomic E-state index is -4.73. The Balaban J connectivity index is 2.85. The second-order valence-corrected chi connectivity index (χ2v) is 3.59. The molecule has 1 unspecified atom stereocenters. The molecular formula is C11H7F5N2O. The molecule has 0 fully saturated rings. The van der Waals surface area contributed by atoms with Gasteiger partial charge in [-0.25, -0.2) is 8.78 Å². The second kappa shape index (κ2) is 5.65. The van der Waals surface area contributed by atoms with Crippen LogP contribution >= 0.6 is 0 Å². The summed E-state index contributed by atoms with van der Waals surface area (Å²) in [7, 11) is 0. The molecule has 102 valence electrons. The van der Waals surface area contributed by atoms with Crippen LogP contribution in [-0.4, -0.2) is 12.1 Å². The van der Waals surface area contributed by atoms with Gasteiger partial charge >= 0.3 is 6.18 Å². The first-order valence-electron chi connectivity index (χ1n) is 4.93. The van der Waals surface area contributed by atoms with E-state index in [9.17, 15) is 26.7 Å². The third-order valence-corrected chi connectivity index (χ3v) is 2.07. The number of nitriles is 1. The quantitative estimate of drug-likeness (QED) is 0.864. The molecular weight excluding hydrogens is 271 g/mol. The Labute approximate surface area is 104 Å². The van der Waals surface area contributed by atoms with Gasteiger partial charge in [-0.1, -0.05) is 6.07 Å². The molecule has 0 bridgehead atoms. The van der Waals surface area contributed by atoms with E-state index in [2.05, 4.69) is 0 Å². The van der Waals surface area contributed by atoms with E-state index in [1.807, 2.05) is 0 Å². The van der Waals surface area contributed by atoms with E-state index in [1.54, 1.807) is 5.32 Å². The summed E-state index contributed by atoms with van der Waals surface area (Å²) in [6, 6.07) is 2.00. The van der Waals surface area contributed by atoms with Crippen molar-refractivity contribution in [1.82, 2.24) is 5.32 Å². The molecule has 0 heterocycles. The summed E-state index contributed by atoms with van der Waals surface area (Å²) >= 11 is 0. The van der Waals surface area contributed by atoms with Gasteiger partial charge in [0, 0.05) is 11.6 Å². The Hall–Kier alpha value is -2.17. The average molecular weight is 278 g/mol. The van der Waals surface area contributed by atoms with Crippen LogP contribution in [0.15, 0.2) is 18.2 Å². The molecule has 0 aliphatic carbocycles. The molecule has 8 heteroatoms. The van der Waals surface area contributed by atoms with Crippen LogP contribution in [-0.2, 0) is 4.79 Å². The highest BCUT2D eigenvalue weighted by Gasteiger charge is 2.32. The molecule has 19 heavy (non-hydrogen) atoms. The number of carbonyl (C=O) groups is 1. The molecule has 0 radical (unpaired) electrons. The Bertz CT molecular complexity index is 521. The highest BCUT2D eigenvalue weighted by atomic mass is 19.4. The van der Waals surface area contributed by atoms with Crippen LogP contribution in [0.25, 0.3) is 0 Å². The SMILES string of the molecule is N#CC(NC(=O)CC(F)(F)F)c1ccc(F)cc1F. The first kappa shape index (κ1) is 14.9. The lowest BCUT2D eigenvalue weighted by Gasteiger charge is -2.13. The van der Waals surface area contributed by atoms with Gasteiger partial charge in [-0.3, -0.25) is 4.79 Å². The van der Waals surface area contributed by atoms with Crippen LogP contribution in [0.1, 0.15) is 18.0 Å². The van der Waals surface area contributed by atoms with E-state index in [4.69, 9.17) is 5.26 Å². The van der Waals surface area contributed by atoms with E-state index < -0.39 is 41.7 Å². The first-order valence-corrected chi connectivity index (χ1v) is 4.93. The van der Waals surface area contributed by atoms with Crippen LogP contribution in [0.5, 0.6) is 0 Å².